The second kappa shape index (κ2) is 54.9. The first kappa shape index (κ1) is 92.4. The Morgan fingerprint density at radius 1 is 0.274 bits per heavy atom. The van der Waals surface area contributed by atoms with Crippen LogP contribution >= 0.6 is 15.8 Å². The molecule has 0 aliphatic rings. The molecule has 8 heteroatoms. The van der Waals surface area contributed by atoms with Crippen LogP contribution in [0.25, 0.3) is 32.2 Å². The number of hydrogen-bond donors (Lipinski definition) is 1. The van der Waals surface area contributed by atoms with Crippen molar-refractivity contribution in [2.45, 2.75) is 19.0 Å². The molecule has 0 spiro atoms. The fourth-order valence-electron chi connectivity index (χ4n) is 11.3. The minimum absolute atomic E-state index is 0. The first-order valence-electron chi connectivity index (χ1n) is 38.1. The van der Waals surface area contributed by atoms with Gasteiger partial charge >= 0.3 is 26.2 Å². The quantitative estimate of drug-likeness (QED) is 0.0502. The maximum atomic E-state index is 5.32. The Balaban J connectivity index is 0.000000204. The van der Waals surface area contributed by atoms with Gasteiger partial charge in [-0.05, 0) is 49.0 Å². The Morgan fingerprint density at radius 3 is 0.855 bits per heavy atom. The molecular weight excluding hydrogens is 1610 g/mol. The van der Waals surface area contributed by atoms with E-state index in [1.807, 2.05) is 224 Å². The molecule has 0 heterocycles. The second-order valence-corrected chi connectivity index (χ2v) is 30.4. The third kappa shape index (κ3) is 35.1. The molecule has 17 aromatic carbocycles. The van der Waals surface area contributed by atoms with Crippen molar-refractivity contribution in [1.29, 1.82) is 0 Å². The number of amidine groups is 1. The van der Waals surface area contributed by atoms with E-state index >= 15 is 0 Å². The number of nitrogens with zero attached hydrogens (tertiary/aromatic N) is 3. The van der Waals surface area contributed by atoms with Crippen LogP contribution in [0.15, 0.2) is 484 Å². The van der Waals surface area contributed by atoms with Crippen LogP contribution in [-0.4, -0.2) is 11.5 Å². The monoisotopic (exact) mass is 1710 g/mol. The molecule has 0 fully saturated rings. The van der Waals surface area contributed by atoms with Gasteiger partial charge in [0, 0.05) is 45.2 Å². The maximum Gasteiger partial charge on any atom is 4.00 e. The number of hydrogen-bond acceptors (Lipinski definition) is 1. The van der Waals surface area contributed by atoms with Crippen LogP contribution in [0, 0.1) is 48.5 Å². The molecule has 17 aromatic rings. The fourth-order valence-corrected chi connectivity index (χ4v) is 15.7. The van der Waals surface area contributed by atoms with Crippen LogP contribution in [-0.2, 0) is 65.5 Å². The molecule has 117 heavy (non-hydrogen) atoms. The van der Waals surface area contributed by atoms with Gasteiger partial charge in [-0.1, -0.05) is 317 Å². The van der Waals surface area contributed by atoms with E-state index in [9.17, 15) is 0 Å². The zero-order valence-electron chi connectivity index (χ0n) is 66.3. The van der Waals surface area contributed by atoms with Crippen molar-refractivity contribution in [3.05, 3.63) is 588 Å². The molecular formula is C109H99N4P2Zr2-5. The molecule has 578 valence electrons. The molecule has 0 saturated carbocycles. The Kier molecular flexibility index (Phi) is 43.3. The van der Waals surface area contributed by atoms with Crippen LogP contribution in [0.5, 0.6) is 0 Å². The van der Waals surface area contributed by atoms with Crippen molar-refractivity contribution >= 4 is 75.6 Å². The van der Waals surface area contributed by atoms with Gasteiger partial charge in [0.15, 0.2) is 0 Å². The van der Waals surface area contributed by atoms with E-state index in [4.69, 9.17) is 15.6 Å². The van der Waals surface area contributed by atoms with Gasteiger partial charge in [0.05, 0.1) is 6.54 Å². The Bertz CT molecular complexity index is 4930. The third-order valence-electron chi connectivity index (χ3n) is 17.0. The number of benzene rings is 17. The van der Waals surface area contributed by atoms with Gasteiger partial charge in [-0.15, -0.1) is 97.2 Å². The normalized spacial score (nSPS) is 10.3. The molecule has 4 nitrogen and oxygen atoms in total. The van der Waals surface area contributed by atoms with Crippen LogP contribution in [0.2, 0.25) is 0 Å². The minimum atomic E-state index is -0.851. The number of rotatable bonds is 14. The van der Waals surface area contributed by atoms with Crippen molar-refractivity contribution in [2.75, 3.05) is 5.32 Å². The van der Waals surface area contributed by atoms with Gasteiger partial charge in [0.2, 0.25) is 0 Å². The van der Waals surface area contributed by atoms with E-state index in [1.54, 1.807) is 0 Å². The first-order valence-corrected chi connectivity index (χ1v) is 40.9. The number of fused-ring (bicyclic) bond motifs is 2. The van der Waals surface area contributed by atoms with E-state index < -0.39 is 15.8 Å². The Hall–Kier alpha value is -11.8. The van der Waals surface area contributed by atoms with Crippen molar-refractivity contribution in [2.24, 2.45) is 4.99 Å². The van der Waals surface area contributed by atoms with Crippen LogP contribution in [0.3, 0.4) is 0 Å². The summed E-state index contributed by atoms with van der Waals surface area (Å²) in [6.45, 7) is 27.3. The van der Waals surface area contributed by atoms with E-state index in [-0.39, 0.29) is 58.3 Å². The maximum absolute atomic E-state index is 5.32. The third-order valence-corrected chi connectivity index (χ3v) is 21.8. The summed E-state index contributed by atoms with van der Waals surface area (Å²) in [7, 11) is -1.67. The average molecular weight is 1710 g/mol. The van der Waals surface area contributed by atoms with Gasteiger partial charge < -0.3 is 16.0 Å². The summed E-state index contributed by atoms with van der Waals surface area (Å²) in [5, 5.41) is 24.2. The fraction of sp³-hybridized carbons (Fsp3) is 0.0275. The molecule has 0 aromatic heterocycles. The molecule has 1 unspecified atom stereocenters. The van der Waals surface area contributed by atoms with Crippen LogP contribution in [0.1, 0.15) is 50.1 Å². The van der Waals surface area contributed by atoms with Crippen molar-refractivity contribution in [3.63, 3.8) is 0 Å². The summed E-state index contributed by atoms with van der Waals surface area (Å²) in [4.78, 5) is 5.18. The number of aliphatic imine (C=N–C) groups is 1. The standard InChI is InChI=1S/2C30H25N2P.7C7H7.2Zr/c2*1-4-13-24(14-5-1)23-31-30(32-29-22-12-16-25-15-10-11-21-28(25)29)33(26-17-6-2-7-18-26)27-19-8-3-9-20-27;7*1-7-5-3-2-4-6-7;;/h1-22H,23H2,(H,31,32);1-22,30H,23H2;7*2-6H,1H2;;/q;-2;7*-1;;+4. The summed E-state index contributed by atoms with van der Waals surface area (Å²) < 4.78 is 0. The number of nitrogens with one attached hydrogen (secondary N) is 1. The summed E-state index contributed by atoms with van der Waals surface area (Å²) in [6.07, 6.45) is 0. The molecule has 0 aliphatic heterocycles. The van der Waals surface area contributed by atoms with Crippen LogP contribution < -0.4 is 26.5 Å². The van der Waals surface area contributed by atoms with Gasteiger partial charge in [-0.3, -0.25) is 4.99 Å². The predicted molar refractivity (Wildman–Crippen MR) is 504 cm³/mol. The Morgan fingerprint density at radius 2 is 0.530 bits per heavy atom. The molecule has 17 rings (SSSR count). The van der Waals surface area contributed by atoms with Gasteiger partial charge in [-0.2, -0.15) is 178 Å². The van der Waals surface area contributed by atoms with Gasteiger partial charge in [0.1, 0.15) is 5.58 Å². The van der Waals surface area contributed by atoms with E-state index in [2.05, 4.69) is 309 Å². The predicted octanol–water partition coefficient (Wildman–Crippen LogP) is 27.9. The van der Waals surface area contributed by atoms with Crippen LogP contribution in [0.4, 0.5) is 11.4 Å². The van der Waals surface area contributed by atoms with Crippen molar-refractivity contribution in [1.82, 2.24) is 0 Å². The SMILES string of the molecule is [CH2-]c1ccccc1.[CH2-]c1ccccc1.[CH2-]c1ccccc1.[CH2-]c1ccccc1.[CH2-]c1ccccc1.[CH2-]c1ccccc1.[CH2-]c1ccccc1.[Zr+4].[Zr].c1ccc(CN=C(Nc2cccc3ccccc23)P(c2ccccc2)c2ccccc2)cc1.c1ccc(C[N-]C([N-]c2cccc3ccccc23)P(c2ccccc2)c2ccccc2)cc1. The first-order chi connectivity index (χ1) is 56.5. The molecule has 0 bridgehead atoms. The summed E-state index contributed by atoms with van der Waals surface area (Å²) >= 11 is 0. The average Bonchev–Trinajstić information content (AvgIpc) is 0.806. The van der Waals surface area contributed by atoms with Crippen molar-refractivity contribution < 1.29 is 52.4 Å². The summed E-state index contributed by atoms with van der Waals surface area (Å²) in [6, 6.07) is 163. The zero-order valence-corrected chi connectivity index (χ0v) is 73.0. The largest absolute Gasteiger partial charge is 4.00 e. The molecule has 0 saturated heterocycles. The molecule has 1 atom stereocenters. The molecule has 1 N–H and O–H groups in total. The number of anilines is 1. The van der Waals surface area contributed by atoms with E-state index in [0.717, 1.165) is 61.3 Å². The smallest absolute Gasteiger partial charge is 0.695 e. The van der Waals surface area contributed by atoms with Gasteiger partial charge in [-0.25, -0.2) is 0 Å². The molecule has 0 aliphatic carbocycles. The molecule has 0 amide bonds. The van der Waals surface area contributed by atoms with E-state index in [1.165, 1.54) is 48.5 Å². The van der Waals surface area contributed by atoms with E-state index in [0.29, 0.717) is 13.1 Å². The molecule has 0 radical (unpaired) electrons. The topological polar surface area (TPSA) is 52.6 Å². The Labute approximate surface area is 739 Å². The van der Waals surface area contributed by atoms with Crippen molar-refractivity contribution in [3.8, 4) is 0 Å². The van der Waals surface area contributed by atoms with Gasteiger partial charge in [0.25, 0.3) is 0 Å². The zero-order chi connectivity index (χ0) is 80.4. The summed E-state index contributed by atoms with van der Waals surface area (Å²) in [5.41, 5.74) is 13.0. The summed E-state index contributed by atoms with van der Waals surface area (Å²) in [5.74, 6) is -0.198. The second-order valence-electron chi connectivity index (χ2n) is 26.0. The minimum Gasteiger partial charge on any atom is -0.695 e.